The minimum Gasteiger partial charge on any atom is -0.208 e. The van der Waals surface area contributed by atoms with Crippen LogP contribution in [0.3, 0.4) is 0 Å². The second-order valence-electron chi connectivity index (χ2n) is 12.0. The van der Waals surface area contributed by atoms with Gasteiger partial charge in [0.25, 0.3) is 0 Å². The molecular formula is C39H18B7N3S. The molecule has 0 saturated carbocycles. The molecule has 0 fully saturated rings. The molecule has 0 N–H and O–H groups in total. The Morgan fingerprint density at radius 1 is 0.340 bits per heavy atom. The Morgan fingerprint density at radius 2 is 0.780 bits per heavy atom. The number of nitrogens with zero attached hydrogens (tertiary/aromatic N) is 3. The van der Waals surface area contributed by atoms with Gasteiger partial charge in [0.1, 0.15) is 54.9 Å². The van der Waals surface area contributed by atoms with Crippen molar-refractivity contribution >= 4 is 125 Å². The van der Waals surface area contributed by atoms with E-state index in [1.165, 1.54) is 11.3 Å². The van der Waals surface area contributed by atoms with Crippen LogP contribution in [0, 0.1) is 0 Å². The van der Waals surface area contributed by atoms with Crippen molar-refractivity contribution in [2.45, 2.75) is 0 Å². The average Bonchev–Trinajstić information content (AvgIpc) is 3.57. The van der Waals surface area contributed by atoms with E-state index < -0.39 is 0 Å². The highest BCUT2D eigenvalue weighted by Crippen LogP contribution is 2.36. The zero-order valence-electron chi connectivity index (χ0n) is 26.7. The molecule has 0 amide bonds. The van der Waals surface area contributed by atoms with Crippen molar-refractivity contribution in [1.29, 1.82) is 0 Å². The SMILES string of the molecule is [B]c1c([B])c([B])c2c(sc3c(-c4nc(-c5ccc(-c6ccccc6)cc5)nc(-c5cccc(-c6ccccc6)c5)n4)c([B])c([B])c([B])c32)c1[B]. The normalized spacial score (nSPS) is 11.4. The van der Waals surface area contributed by atoms with Crippen LogP contribution in [0.4, 0.5) is 0 Å². The summed E-state index contributed by atoms with van der Waals surface area (Å²) in [5.74, 6) is 1.21. The standard InChI is InChI=1S/C39H18B7N3S/c40-28-25-26-29(41)32(44)33(45)34(46)36(26)50-35(25)27(30(42)31(28)43)39-48-37(22-16-14-21(15-17-22)19-8-3-1-4-9-19)47-38(49-39)24-13-7-12-23(18-24)20-10-5-2-6-11-20/h1-18H. The molecule has 50 heavy (non-hydrogen) atoms. The number of fused-ring (bicyclic) bond motifs is 3. The van der Waals surface area contributed by atoms with E-state index in [1.807, 2.05) is 72.8 Å². The van der Waals surface area contributed by atoms with Gasteiger partial charge in [0.2, 0.25) is 0 Å². The zero-order chi connectivity index (χ0) is 34.7. The molecule has 0 atom stereocenters. The first-order chi connectivity index (χ1) is 24.2. The predicted molar refractivity (Wildman–Crippen MR) is 218 cm³/mol. The molecule has 0 aliphatic rings. The Balaban J connectivity index is 1.40. The molecule has 3 nitrogen and oxygen atoms in total. The molecule has 0 saturated heterocycles. The second kappa shape index (κ2) is 12.7. The van der Waals surface area contributed by atoms with E-state index in [0.717, 1.165) is 33.4 Å². The van der Waals surface area contributed by atoms with Crippen LogP contribution in [0.2, 0.25) is 0 Å². The van der Waals surface area contributed by atoms with E-state index in [4.69, 9.17) is 69.9 Å². The molecule has 216 valence electrons. The molecule has 8 rings (SSSR count). The number of hydrogen-bond acceptors (Lipinski definition) is 4. The highest BCUT2D eigenvalue weighted by Gasteiger charge is 2.23. The summed E-state index contributed by atoms with van der Waals surface area (Å²) in [5, 5.41) is 1.12. The number of hydrogen-bond donors (Lipinski definition) is 0. The van der Waals surface area contributed by atoms with Crippen LogP contribution in [0.5, 0.6) is 0 Å². The molecule has 8 aromatic rings. The van der Waals surface area contributed by atoms with Crippen molar-refractivity contribution in [3.63, 3.8) is 0 Å². The Kier molecular flexibility index (Phi) is 8.19. The monoisotopic (exact) mass is 637 g/mol. The van der Waals surface area contributed by atoms with Crippen LogP contribution < -0.4 is 38.2 Å². The lowest BCUT2D eigenvalue weighted by atomic mass is 9.64. The Labute approximate surface area is 303 Å². The van der Waals surface area contributed by atoms with Crippen molar-refractivity contribution in [2.75, 3.05) is 0 Å². The summed E-state index contributed by atoms with van der Waals surface area (Å²) in [6.45, 7) is 0. The Bertz CT molecular complexity index is 2610. The van der Waals surface area contributed by atoms with Gasteiger partial charge in [-0.1, -0.05) is 125 Å². The smallest absolute Gasteiger partial charge is 0.164 e. The highest BCUT2D eigenvalue weighted by atomic mass is 32.1. The highest BCUT2D eigenvalue weighted by molar-refractivity contribution is 7.28. The molecule has 0 spiro atoms. The average molecular weight is 636 g/mol. The fourth-order valence-electron chi connectivity index (χ4n) is 6.27. The van der Waals surface area contributed by atoms with Gasteiger partial charge < -0.3 is 0 Å². The van der Waals surface area contributed by atoms with E-state index in [2.05, 4.69) is 36.4 Å². The third-order valence-corrected chi connectivity index (χ3v) is 10.2. The topological polar surface area (TPSA) is 38.7 Å². The number of aromatic nitrogens is 3. The first-order valence-electron chi connectivity index (χ1n) is 15.7. The van der Waals surface area contributed by atoms with Gasteiger partial charge in [-0.05, 0) is 39.1 Å². The number of benzene rings is 6. The minimum atomic E-state index is 0.169. The van der Waals surface area contributed by atoms with Gasteiger partial charge in [-0.2, -0.15) is 0 Å². The second-order valence-corrected chi connectivity index (χ2v) is 13.0. The summed E-state index contributed by atoms with van der Waals surface area (Å²) in [4.78, 5) is 15.0. The summed E-state index contributed by atoms with van der Waals surface area (Å²) >= 11 is 1.33. The van der Waals surface area contributed by atoms with E-state index in [0.29, 0.717) is 48.7 Å². The predicted octanol–water partition coefficient (Wildman–Crippen LogP) is 2.13. The van der Waals surface area contributed by atoms with Crippen LogP contribution in [-0.2, 0) is 0 Å². The van der Waals surface area contributed by atoms with Crippen molar-refractivity contribution in [1.82, 2.24) is 15.0 Å². The van der Waals surface area contributed by atoms with Crippen LogP contribution in [0.15, 0.2) is 109 Å². The first-order valence-corrected chi connectivity index (χ1v) is 16.6. The van der Waals surface area contributed by atoms with Crippen LogP contribution in [0.1, 0.15) is 0 Å². The molecule has 14 radical (unpaired) electrons. The lowest BCUT2D eigenvalue weighted by Crippen LogP contribution is -2.47. The molecule has 2 heterocycles. The van der Waals surface area contributed by atoms with Gasteiger partial charge in [-0.25, -0.2) is 15.0 Å². The summed E-state index contributed by atoms with van der Waals surface area (Å²) < 4.78 is 1.26. The van der Waals surface area contributed by atoms with E-state index in [9.17, 15) is 0 Å². The van der Waals surface area contributed by atoms with Gasteiger partial charge in [0, 0.05) is 26.1 Å². The maximum absolute atomic E-state index is 6.79. The maximum atomic E-state index is 6.79. The third-order valence-electron chi connectivity index (χ3n) is 8.98. The van der Waals surface area contributed by atoms with Gasteiger partial charge in [-0.3, -0.25) is 0 Å². The Hall–Kier alpha value is -5.00. The summed E-state index contributed by atoms with van der Waals surface area (Å²) in [6.07, 6.45) is 0. The lowest BCUT2D eigenvalue weighted by molar-refractivity contribution is 1.08. The van der Waals surface area contributed by atoms with Gasteiger partial charge in [-0.15, -0.1) is 27.7 Å². The summed E-state index contributed by atoms with van der Waals surface area (Å²) in [7, 11) is 45.6. The van der Waals surface area contributed by atoms with Gasteiger partial charge >= 0.3 is 0 Å². The number of rotatable bonds is 5. The minimum absolute atomic E-state index is 0.169. The van der Waals surface area contributed by atoms with Crippen LogP contribution in [0.25, 0.3) is 76.6 Å². The molecule has 6 aromatic carbocycles. The quantitative estimate of drug-likeness (QED) is 0.272. The van der Waals surface area contributed by atoms with Crippen molar-refractivity contribution < 1.29 is 0 Å². The lowest BCUT2D eigenvalue weighted by Gasteiger charge is -2.17. The van der Waals surface area contributed by atoms with Crippen LogP contribution in [-0.4, -0.2) is 69.9 Å². The molecule has 0 bridgehead atoms. The largest absolute Gasteiger partial charge is 0.208 e. The molecule has 11 heteroatoms. The van der Waals surface area contributed by atoms with Crippen molar-refractivity contribution in [3.05, 3.63) is 109 Å². The van der Waals surface area contributed by atoms with Gasteiger partial charge in [0.15, 0.2) is 17.5 Å². The van der Waals surface area contributed by atoms with E-state index in [1.54, 1.807) is 0 Å². The van der Waals surface area contributed by atoms with Crippen LogP contribution >= 0.6 is 11.3 Å². The van der Waals surface area contributed by atoms with Crippen molar-refractivity contribution in [3.8, 4) is 56.4 Å². The maximum Gasteiger partial charge on any atom is 0.164 e. The van der Waals surface area contributed by atoms with E-state index >= 15 is 0 Å². The molecule has 2 aromatic heterocycles. The third kappa shape index (κ3) is 5.36. The summed E-state index contributed by atoms with van der Waals surface area (Å²) in [6, 6.07) is 36.4. The zero-order valence-corrected chi connectivity index (χ0v) is 27.5. The number of thiophene rings is 1. The fourth-order valence-corrected chi connectivity index (χ4v) is 7.63. The molecule has 0 unspecified atom stereocenters. The molecule has 0 aliphatic heterocycles. The first kappa shape index (κ1) is 32.2. The van der Waals surface area contributed by atoms with E-state index in [-0.39, 0.29) is 32.8 Å². The molecular weight excluding hydrogens is 618 g/mol. The molecule has 0 aliphatic carbocycles. The Morgan fingerprint density at radius 3 is 1.42 bits per heavy atom. The summed E-state index contributed by atoms with van der Waals surface area (Å²) in [5.41, 5.74) is 7.88. The van der Waals surface area contributed by atoms with Crippen molar-refractivity contribution in [2.24, 2.45) is 0 Å². The van der Waals surface area contributed by atoms with Gasteiger partial charge in [0.05, 0.1) is 0 Å². The fraction of sp³-hybridized carbons (Fsp3) is 0.